The van der Waals surface area contributed by atoms with E-state index >= 15 is 0 Å². The van der Waals surface area contributed by atoms with Crippen LogP contribution in [0.2, 0.25) is 0 Å². The third kappa shape index (κ3) is 6.93. The molecule has 0 radical (unpaired) electrons. The average Bonchev–Trinajstić information content (AvgIpc) is 2.63. The largest absolute Gasteiger partial charge is 0.492 e. The van der Waals surface area contributed by atoms with E-state index in [1.807, 2.05) is 37.7 Å². The van der Waals surface area contributed by atoms with Gasteiger partial charge < -0.3 is 9.64 Å². The standard InChI is InChI=1S/C21H34N2O2S/c1-5-26-21(16-20(24)17(2)3)18-6-8-19(9-7-18)25-15-14-23-12-10-22(4)11-13-23/h6-9,17,21H,5,10-16H2,1-4H3. The molecule has 0 spiro atoms. The van der Waals surface area contributed by atoms with Gasteiger partial charge in [-0.05, 0) is 30.5 Å². The first-order valence-corrected chi connectivity index (χ1v) is 10.8. The highest BCUT2D eigenvalue weighted by atomic mass is 32.2. The highest BCUT2D eigenvalue weighted by molar-refractivity contribution is 7.99. The van der Waals surface area contributed by atoms with E-state index in [-0.39, 0.29) is 11.2 Å². The van der Waals surface area contributed by atoms with Gasteiger partial charge in [0.25, 0.3) is 0 Å². The van der Waals surface area contributed by atoms with Gasteiger partial charge in [-0.25, -0.2) is 0 Å². The summed E-state index contributed by atoms with van der Waals surface area (Å²) in [4.78, 5) is 17.0. The maximum absolute atomic E-state index is 12.1. The molecule has 0 aromatic heterocycles. The van der Waals surface area contributed by atoms with Gasteiger partial charge in [0.05, 0.1) is 0 Å². The molecule has 1 aromatic carbocycles. The summed E-state index contributed by atoms with van der Waals surface area (Å²) in [5.41, 5.74) is 1.22. The summed E-state index contributed by atoms with van der Waals surface area (Å²) >= 11 is 1.85. The summed E-state index contributed by atoms with van der Waals surface area (Å²) in [6, 6.07) is 8.32. The molecule has 0 N–H and O–H groups in total. The van der Waals surface area contributed by atoms with E-state index in [0.717, 1.165) is 50.8 Å². The van der Waals surface area contributed by atoms with Crippen LogP contribution < -0.4 is 4.74 Å². The van der Waals surface area contributed by atoms with Crippen molar-refractivity contribution in [3.63, 3.8) is 0 Å². The molecule has 0 aliphatic carbocycles. The van der Waals surface area contributed by atoms with Gasteiger partial charge in [-0.3, -0.25) is 9.69 Å². The molecule has 1 aliphatic heterocycles. The molecule has 0 saturated carbocycles. The van der Waals surface area contributed by atoms with E-state index in [1.165, 1.54) is 5.56 Å². The Kier molecular flexibility index (Phi) is 8.96. The van der Waals surface area contributed by atoms with Crippen molar-refractivity contribution in [3.8, 4) is 5.75 Å². The number of ketones is 1. The van der Waals surface area contributed by atoms with Crippen LogP contribution in [0.15, 0.2) is 24.3 Å². The van der Waals surface area contributed by atoms with Gasteiger partial charge in [-0.15, -0.1) is 0 Å². The van der Waals surface area contributed by atoms with Crippen LogP contribution in [-0.2, 0) is 4.79 Å². The van der Waals surface area contributed by atoms with Gasteiger partial charge in [-0.1, -0.05) is 32.9 Å². The molecule has 1 unspecified atom stereocenters. The fraction of sp³-hybridized carbons (Fsp3) is 0.667. The van der Waals surface area contributed by atoms with Crippen LogP contribution in [0, 0.1) is 5.92 Å². The second kappa shape index (κ2) is 11.0. The monoisotopic (exact) mass is 378 g/mol. The molecule has 1 atom stereocenters. The van der Waals surface area contributed by atoms with Crippen LogP contribution in [0.25, 0.3) is 0 Å². The summed E-state index contributed by atoms with van der Waals surface area (Å²) in [6.07, 6.45) is 0.611. The zero-order valence-corrected chi connectivity index (χ0v) is 17.6. The van der Waals surface area contributed by atoms with Crippen molar-refractivity contribution in [2.75, 3.05) is 52.1 Å². The predicted molar refractivity (Wildman–Crippen MR) is 111 cm³/mol. The fourth-order valence-electron chi connectivity index (χ4n) is 3.04. The van der Waals surface area contributed by atoms with E-state index in [0.29, 0.717) is 12.2 Å². The molecule has 1 saturated heterocycles. The average molecular weight is 379 g/mol. The summed E-state index contributed by atoms with van der Waals surface area (Å²) in [5.74, 6) is 2.37. The molecule has 1 aliphatic rings. The molecular weight excluding hydrogens is 344 g/mol. The smallest absolute Gasteiger partial charge is 0.136 e. The van der Waals surface area contributed by atoms with Crippen LogP contribution in [0.4, 0.5) is 0 Å². The number of carbonyl (C=O) groups is 1. The Morgan fingerprint density at radius 2 is 1.81 bits per heavy atom. The number of hydrogen-bond acceptors (Lipinski definition) is 5. The summed E-state index contributed by atoms with van der Waals surface area (Å²) < 4.78 is 5.92. The first-order chi connectivity index (χ1) is 12.5. The number of Topliss-reactive ketones (excluding diaryl/α,β-unsaturated/α-hetero) is 1. The highest BCUT2D eigenvalue weighted by Crippen LogP contribution is 2.33. The van der Waals surface area contributed by atoms with Gasteiger partial charge in [0.1, 0.15) is 18.1 Å². The zero-order valence-electron chi connectivity index (χ0n) is 16.7. The lowest BCUT2D eigenvalue weighted by Crippen LogP contribution is -2.45. The minimum atomic E-state index is 0.104. The number of ether oxygens (including phenoxy) is 1. The SMILES string of the molecule is CCSC(CC(=O)C(C)C)c1ccc(OCCN2CCN(C)CC2)cc1. The van der Waals surface area contributed by atoms with Gasteiger partial charge in [0, 0.05) is 50.3 Å². The lowest BCUT2D eigenvalue weighted by Gasteiger charge is -2.32. The Hall–Kier alpha value is -1.04. The Balaban J connectivity index is 1.82. The Labute approximate surface area is 163 Å². The predicted octanol–water partition coefficient (Wildman–Crippen LogP) is 3.72. The van der Waals surface area contributed by atoms with Crippen molar-refractivity contribution in [2.45, 2.75) is 32.4 Å². The van der Waals surface area contributed by atoms with Crippen molar-refractivity contribution in [3.05, 3.63) is 29.8 Å². The first kappa shape index (κ1) is 21.3. The molecule has 146 valence electrons. The van der Waals surface area contributed by atoms with Crippen molar-refractivity contribution >= 4 is 17.5 Å². The molecule has 4 nitrogen and oxygen atoms in total. The van der Waals surface area contributed by atoms with E-state index in [2.05, 4.69) is 35.9 Å². The normalized spacial score (nSPS) is 17.4. The number of carbonyl (C=O) groups excluding carboxylic acids is 1. The highest BCUT2D eigenvalue weighted by Gasteiger charge is 2.18. The summed E-state index contributed by atoms with van der Waals surface area (Å²) in [5, 5.41) is 0.245. The van der Waals surface area contributed by atoms with Crippen LogP contribution in [0.5, 0.6) is 5.75 Å². The lowest BCUT2D eigenvalue weighted by molar-refractivity contribution is -0.121. The second-order valence-electron chi connectivity index (χ2n) is 7.33. The van der Waals surface area contributed by atoms with Crippen molar-refractivity contribution in [1.82, 2.24) is 9.80 Å². The number of benzene rings is 1. The topological polar surface area (TPSA) is 32.8 Å². The molecular formula is C21H34N2O2S. The molecule has 1 aromatic rings. The van der Waals surface area contributed by atoms with Gasteiger partial charge in [0.2, 0.25) is 0 Å². The number of nitrogens with zero attached hydrogens (tertiary/aromatic N) is 2. The van der Waals surface area contributed by atoms with E-state index in [9.17, 15) is 4.79 Å². The third-order valence-corrected chi connectivity index (χ3v) is 6.10. The maximum Gasteiger partial charge on any atom is 0.136 e. The second-order valence-corrected chi connectivity index (χ2v) is 8.81. The summed E-state index contributed by atoms with van der Waals surface area (Å²) in [6.45, 7) is 12.3. The number of rotatable bonds is 10. The number of likely N-dealkylation sites (N-methyl/N-ethyl adjacent to an activating group) is 1. The number of hydrogen-bond donors (Lipinski definition) is 0. The van der Waals surface area contributed by atoms with Crippen LogP contribution >= 0.6 is 11.8 Å². The van der Waals surface area contributed by atoms with Crippen molar-refractivity contribution in [1.29, 1.82) is 0 Å². The van der Waals surface area contributed by atoms with E-state index in [4.69, 9.17) is 4.74 Å². The lowest BCUT2D eigenvalue weighted by atomic mass is 10.0. The first-order valence-electron chi connectivity index (χ1n) is 9.77. The number of piperazine rings is 1. The Morgan fingerprint density at radius 3 is 2.38 bits per heavy atom. The maximum atomic E-state index is 12.1. The van der Waals surface area contributed by atoms with Crippen LogP contribution in [0.1, 0.15) is 38.0 Å². The van der Waals surface area contributed by atoms with Crippen molar-refractivity contribution in [2.24, 2.45) is 5.92 Å². The van der Waals surface area contributed by atoms with Gasteiger partial charge in [0.15, 0.2) is 0 Å². The minimum absolute atomic E-state index is 0.104. The molecule has 2 rings (SSSR count). The quantitative estimate of drug-likeness (QED) is 0.620. The minimum Gasteiger partial charge on any atom is -0.492 e. The zero-order chi connectivity index (χ0) is 18.9. The summed E-state index contributed by atoms with van der Waals surface area (Å²) in [7, 11) is 2.17. The van der Waals surface area contributed by atoms with E-state index in [1.54, 1.807) is 0 Å². The number of thioether (sulfide) groups is 1. The third-order valence-electron chi connectivity index (χ3n) is 4.92. The van der Waals surface area contributed by atoms with E-state index < -0.39 is 0 Å². The molecule has 1 heterocycles. The van der Waals surface area contributed by atoms with Gasteiger partial charge in [-0.2, -0.15) is 11.8 Å². The molecule has 5 heteroatoms. The van der Waals surface area contributed by atoms with Crippen molar-refractivity contribution < 1.29 is 9.53 Å². The molecule has 0 bridgehead atoms. The van der Waals surface area contributed by atoms with Gasteiger partial charge >= 0.3 is 0 Å². The Bertz CT molecular complexity index is 539. The molecule has 0 amide bonds. The fourth-order valence-corrected chi connectivity index (χ4v) is 4.07. The molecule has 26 heavy (non-hydrogen) atoms. The molecule has 1 fully saturated rings. The van der Waals surface area contributed by atoms with Crippen LogP contribution in [-0.4, -0.2) is 67.7 Å². The van der Waals surface area contributed by atoms with Crippen LogP contribution in [0.3, 0.4) is 0 Å². The Morgan fingerprint density at radius 1 is 1.15 bits per heavy atom.